The number of hydrogen-bond acceptors (Lipinski definition) is 5. The average molecular weight is 327 g/mol. The number of likely N-dealkylation sites (N-methyl/N-ethyl adjacent to an activating group) is 1. The molecule has 110 valence electrons. The van der Waals surface area contributed by atoms with Crippen LogP contribution in [0.25, 0.3) is 0 Å². The molecule has 1 saturated heterocycles. The summed E-state index contributed by atoms with van der Waals surface area (Å²) in [6.45, 7) is 5.45. The second kappa shape index (κ2) is 8.71. The monoisotopic (exact) mass is 326 g/mol. The fraction of sp³-hybridized carbons (Fsp3) is 0.636. The molecule has 0 saturated carbocycles. The van der Waals surface area contributed by atoms with Gasteiger partial charge in [0.1, 0.15) is 0 Å². The van der Waals surface area contributed by atoms with E-state index in [1.165, 1.54) is 11.3 Å². The Hall–Kier alpha value is -0.400. The van der Waals surface area contributed by atoms with Crippen LogP contribution in [0.4, 0.5) is 5.13 Å². The molecule has 1 N–H and O–H groups in total. The minimum Gasteiger partial charge on any atom is -0.314 e. The van der Waals surface area contributed by atoms with Crippen LogP contribution in [0.5, 0.6) is 0 Å². The largest absolute Gasteiger partial charge is 0.314 e. The number of aromatic nitrogens is 1. The van der Waals surface area contributed by atoms with Crippen molar-refractivity contribution in [1.29, 1.82) is 0 Å². The molecule has 1 aromatic heterocycles. The Balaban J connectivity index is 0.00000162. The van der Waals surface area contributed by atoms with Crippen LogP contribution in [0.2, 0.25) is 0 Å². The molecule has 0 aromatic carbocycles. The smallest absolute Gasteiger partial charge is 0.242 e. The normalized spacial score (nSPS) is 19.2. The molecule has 0 radical (unpaired) electrons. The van der Waals surface area contributed by atoms with Gasteiger partial charge in [-0.3, -0.25) is 14.6 Å². The number of hydrogen-bond donors (Lipinski definition) is 1. The fourth-order valence-corrected chi connectivity index (χ4v) is 2.51. The minimum atomic E-state index is 0. The second-order valence-corrected chi connectivity index (χ2v) is 5.16. The lowest BCUT2D eigenvalue weighted by molar-refractivity contribution is -0.120. The van der Waals surface area contributed by atoms with E-state index in [-0.39, 0.29) is 30.7 Å². The van der Waals surface area contributed by atoms with Gasteiger partial charge in [-0.05, 0) is 6.92 Å². The topological polar surface area (TPSA) is 48.5 Å². The summed E-state index contributed by atoms with van der Waals surface area (Å²) in [6, 6.07) is 0.414. The quantitative estimate of drug-likeness (QED) is 0.908. The molecule has 8 heteroatoms. The number of piperazine rings is 1. The first-order valence-corrected chi connectivity index (χ1v) is 6.67. The molecule has 1 amide bonds. The highest BCUT2D eigenvalue weighted by Crippen LogP contribution is 2.16. The van der Waals surface area contributed by atoms with E-state index in [0.29, 0.717) is 12.6 Å². The Kier molecular flexibility index (Phi) is 8.52. The van der Waals surface area contributed by atoms with E-state index in [2.05, 4.69) is 22.1 Å². The lowest BCUT2D eigenvalue weighted by Gasteiger charge is -2.33. The molecule has 19 heavy (non-hydrogen) atoms. The molecule has 5 nitrogen and oxygen atoms in total. The number of amides is 1. The molecule has 0 bridgehead atoms. The Bertz CT molecular complexity index is 377. The van der Waals surface area contributed by atoms with Crippen molar-refractivity contribution in [2.24, 2.45) is 0 Å². The fourth-order valence-electron chi connectivity index (χ4n) is 1.89. The number of halogens is 2. The zero-order valence-corrected chi connectivity index (χ0v) is 13.5. The van der Waals surface area contributed by atoms with Gasteiger partial charge in [0.15, 0.2) is 5.13 Å². The van der Waals surface area contributed by atoms with E-state index in [9.17, 15) is 4.79 Å². The van der Waals surface area contributed by atoms with Crippen LogP contribution in [0.15, 0.2) is 11.6 Å². The van der Waals surface area contributed by atoms with Crippen molar-refractivity contribution < 1.29 is 4.79 Å². The lowest BCUT2D eigenvalue weighted by atomic mass is 10.2. The molecule has 1 aromatic rings. The SMILES string of the molecule is C[C@@H]1CNCCN1CC(=O)N(C)c1nccs1.Cl.Cl. The lowest BCUT2D eigenvalue weighted by Crippen LogP contribution is -2.52. The van der Waals surface area contributed by atoms with Crippen LogP contribution in [-0.2, 0) is 4.79 Å². The van der Waals surface area contributed by atoms with Crippen molar-refractivity contribution in [2.45, 2.75) is 13.0 Å². The van der Waals surface area contributed by atoms with Gasteiger partial charge in [0.2, 0.25) is 5.91 Å². The summed E-state index contributed by atoms with van der Waals surface area (Å²) in [4.78, 5) is 20.1. The zero-order valence-electron chi connectivity index (χ0n) is 11.0. The number of nitrogens with one attached hydrogen (secondary N) is 1. The Morgan fingerprint density at radius 2 is 2.37 bits per heavy atom. The third-order valence-corrected chi connectivity index (χ3v) is 3.91. The standard InChI is InChI=1S/C11H18N4OS.2ClH/c1-9-7-12-3-5-15(9)8-10(16)14(2)11-13-4-6-17-11;;/h4,6,9,12H,3,5,7-8H2,1-2H3;2*1H/t9-;;/m1../s1. The van der Waals surface area contributed by atoms with E-state index >= 15 is 0 Å². The predicted octanol–water partition coefficient (Wildman–Crippen LogP) is 1.24. The maximum Gasteiger partial charge on any atom is 0.242 e. The highest BCUT2D eigenvalue weighted by molar-refractivity contribution is 7.13. The zero-order chi connectivity index (χ0) is 12.3. The molecule has 2 heterocycles. The average Bonchev–Trinajstić information content (AvgIpc) is 2.84. The van der Waals surface area contributed by atoms with Gasteiger partial charge in [-0.15, -0.1) is 36.2 Å². The Morgan fingerprint density at radius 3 is 2.95 bits per heavy atom. The van der Waals surface area contributed by atoms with Crippen LogP contribution >= 0.6 is 36.2 Å². The number of thiazole rings is 1. The first-order chi connectivity index (χ1) is 8.18. The van der Waals surface area contributed by atoms with Crippen molar-refractivity contribution in [3.05, 3.63) is 11.6 Å². The van der Waals surface area contributed by atoms with Crippen LogP contribution < -0.4 is 10.2 Å². The number of anilines is 1. The first-order valence-electron chi connectivity index (χ1n) is 5.79. The molecule has 0 spiro atoms. The first kappa shape index (κ1) is 18.6. The molecule has 0 aliphatic carbocycles. The van der Waals surface area contributed by atoms with Gasteiger partial charge in [0.05, 0.1) is 6.54 Å². The van der Waals surface area contributed by atoms with Crippen molar-refractivity contribution in [3.63, 3.8) is 0 Å². The predicted molar refractivity (Wildman–Crippen MR) is 83.9 cm³/mol. The molecular weight excluding hydrogens is 307 g/mol. The van der Waals surface area contributed by atoms with Crippen molar-refractivity contribution in [2.75, 3.05) is 38.1 Å². The van der Waals surface area contributed by atoms with E-state index in [1.807, 2.05) is 5.38 Å². The van der Waals surface area contributed by atoms with Crippen molar-refractivity contribution >= 4 is 47.2 Å². The molecule has 0 unspecified atom stereocenters. The molecular formula is C11H20Cl2N4OS. The number of rotatable bonds is 3. The van der Waals surface area contributed by atoms with Crippen molar-refractivity contribution in [3.8, 4) is 0 Å². The summed E-state index contributed by atoms with van der Waals surface area (Å²) in [5, 5.41) is 5.96. The van der Waals surface area contributed by atoms with E-state index in [1.54, 1.807) is 18.1 Å². The third-order valence-electron chi connectivity index (χ3n) is 3.06. The summed E-state index contributed by atoms with van der Waals surface area (Å²) in [6.07, 6.45) is 1.72. The van der Waals surface area contributed by atoms with Gasteiger partial charge in [-0.1, -0.05) is 0 Å². The van der Waals surface area contributed by atoms with Gasteiger partial charge in [0, 0.05) is 44.3 Å². The highest BCUT2D eigenvalue weighted by atomic mass is 35.5. The van der Waals surface area contributed by atoms with Crippen LogP contribution in [0.1, 0.15) is 6.92 Å². The van der Waals surface area contributed by atoms with Crippen LogP contribution in [0.3, 0.4) is 0 Å². The summed E-state index contributed by atoms with van der Waals surface area (Å²) < 4.78 is 0. The Morgan fingerprint density at radius 1 is 1.63 bits per heavy atom. The number of carbonyl (C=O) groups is 1. The number of carbonyl (C=O) groups excluding carboxylic acids is 1. The van der Waals surface area contributed by atoms with Gasteiger partial charge in [-0.2, -0.15) is 0 Å². The highest BCUT2D eigenvalue weighted by Gasteiger charge is 2.22. The molecule has 2 rings (SSSR count). The summed E-state index contributed by atoms with van der Waals surface area (Å²) in [5.41, 5.74) is 0. The van der Waals surface area contributed by atoms with E-state index in [4.69, 9.17) is 0 Å². The van der Waals surface area contributed by atoms with Crippen LogP contribution in [0, 0.1) is 0 Å². The van der Waals surface area contributed by atoms with E-state index < -0.39 is 0 Å². The van der Waals surface area contributed by atoms with Gasteiger partial charge < -0.3 is 5.32 Å². The molecule has 1 fully saturated rings. The van der Waals surface area contributed by atoms with Gasteiger partial charge in [-0.25, -0.2) is 4.98 Å². The second-order valence-electron chi connectivity index (χ2n) is 4.29. The van der Waals surface area contributed by atoms with Gasteiger partial charge >= 0.3 is 0 Å². The minimum absolute atomic E-state index is 0. The van der Waals surface area contributed by atoms with Crippen molar-refractivity contribution in [1.82, 2.24) is 15.2 Å². The maximum absolute atomic E-state index is 12.1. The van der Waals surface area contributed by atoms with E-state index in [0.717, 1.165) is 24.8 Å². The summed E-state index contributed by atoms with van der Waals surface area (Å²) >= 11 is 1.49. The van der Waals surface area contributed by atoms with Crippen LogP contribution in [-0.4, -0.2) is 55.1 Å². The molecule has 1 aliphatic rings. The Labute approximate surface area is 130 Å². The van der Waals surface area contributed by atoms with Gasteiger partial charge in [0.25, 0.3) is 0 Å². The summed E-state index contributed by atoms with van der Waals surface area (Å²) in [7, 11) is 1.79. The third kappa shape index (κ3) is 4.89. The summed E-state index contributed by atoms with van der Waals surface area (Å²) in [5.74, 6) is 0.105. The molecule has 1 atom stereocenters. The molecule has 1 aliphatic heterocycles. The maximum atomic E-state index is 12.1. The number of nitrogens with zero attached hydrogens (tertiary/aromatic N) is 3.